The molecule has 1 aliphatic carbocycles. The fourth-order valence-electron chi connectivity index (χ4n) is 7.71. The second kappa shape index (κ2) is 12.5. The summed E-state index contributed by atoms with van der Waals surface area (Å²) in [5, 5.41) is 0. The number of anilines is 3. The van der Waals surface area contributed by atoms with Crippen molar-refractivity contribution in [2.45, 2.75) is 5.41 Å². The number of pyridine rings is 1. The second-order valence-electron chi connectivity index (χ2n) is 12.8. The first-order valence-electron chi connectivity index (χ1n) is 17.1. The first-order chi connectivity index (χ1) is 24.8. The molecule has 0 radical (unpaired) electrons. The van der Waals surface area contributed by atoms with Crippen LogP contribution < -0.4 is 4.90 Å². The number of rotatable bonds is 7. The Balaban J connectivity index is 1.31. The van der Waals surface area contributed by atoms with E-state index in [1.807, 2.05) is 0 Å². The molecule has 0 N–H and O–H groups in total. The monoisotopic (exact) mass is 638 g/mol. The van der Waals surface area contributed by atoms with Gasteiger partial charge in [0.05, 0.1) is 16.8 Å². The summed E-state index contributed by atoms with van der Waals surface area (Å²) in [5.74, 6) is 0. The van der Waals surface area contributed by atoms with Crippen LogP contribution in [0.2, 0.25) is 0 Å². The maximum Gasteiger partial charge on any atom is 0.0886 e. The van der Waals surface area contributed by atoms with Crippen molar-refractivity contribution in [3.63, 3.8) is 0 Å². The molecule has 50 heavy (non-hydrogen) atoms. The van der Waals surface area contributed by atoms with E-state index in [0.717, 1.165) is 39.6 Å². The van der Waals surface area contributed by atoms with Gasteiger partial charge in [-0.25, -0.2) is 0 Å². The Morgan fingerprint density at radius 2 is 0.800 bits per heavy atom. The largest absolute Gasteiger partial charge is 0.311 e. The summed E-state index contributed by atoms with van der Waals surface area (Å²) in [6.45, 7) is 0. The average molecular weight is 639 g/mol. The van der Waals surface area contributed by atoms with E-state index in [1.165, 1.54) is 33.4 Å². The van der Waals surface area contributed by atoms with Crippen molar-refractivity contribution in [2.24, 2.45) is 0 Å². The van der Waals surface area contributed by atoms with Crippen molar-refractivity contribution in [1.82, 2.24) is 4.98 Å². The normalized spacial score (nSPS) is 12.6. The van der Waals surface area contributed by atoms with Gasteiger partial charge in [-0.2, -0.15) is 0 Å². The van der Waals surface area contributed by atoms with Crippen LogP contribution in [0.5, 0.6) is 0 Å². The van der Waals surface area contributed by atoms with Crippen molar-refractivity contribution in [1.29, 1.82) is 0 Å². The van der Waals surface area contributed by atoms with Crippen molar-refractivity contribution >= 4 is 17.1 Å². The van der Waals surface area contributed by atoms with E-state index in [2.05, 4.69) is 211 Å². The van der Waals surface area contributed by atoms with Crippen LogP contribution in [-0.4, -0.2) is 4.98 Å². The zero-order valence-corrected chi connectivity index (χ0v) is 27.5. The van der Waals surface area contributed by atoms with Gasteiger partial charge in [0.1, 0.15) is 0 Å². The topological polar surface area (TPSA) is 16.1 Å². The molecular formula is C48H34N2. The van der Waals surface area contributed by atoms with Gasteiger partial charge in [-0.3, -0.25) is 4.98 Å². The predicted molar refractivity (Wildman–Crippen MR) is 207 cm³/mol. The van der Waals surface area contributed by atoms with E-state index < -0.39 is 5.41 Å². The van der Waals surface area contributed by atoms with Crippen molar-refractivity contribution < 1.29 is 0 Å². The lowest BCUT2D eigenvalue weighted by Crippen LogP contribution is -2.30. The number of hydrogen-bond acceptors (Lipinski definition) is 2. The van der Waals surface area contributed by atoms with E-state index in [1.54, 1.807) is 0 Å². The molecular weight excluding hydrogens is 605 g/mol. The Morgan fingerprint density at radius 3 is 1.34 bits per heavy atom. The highest BCUT2D eigenvalue weighted by Gasteiger charge is 2.47. The van der Waals surface area contributed by atoms with Crippen LogP contribution in [0.1, 0.15) is 22.4 Å². The summed E-state index contributed by atoms with van der Waals surface area (Å²) in [7, 11) is 0. The van der Waals surface area contributed by atoms with Gasteiger partial charge in [-0.1, -0.05) is 158 Å². The average Bonchev–Trinajstić information content (AvgIpc) is 3.51. The van der Waals surface area contributed by atoms with Gasteiger partial charge >= 0.3 is 0 Å². The molecule has 0 spiro atoms. The van der Waals surface area contributed by atoms with E-state index in [9.17, 15) is 0 Å². The Kier molecular flexibility index (Phi) is 7.40. The summed E-state index contributed by atoms with van der Waals surface area (Å²) in [6, 6.07) is 73.8. The van der Waals surface area contributed by atoms with Crippen LogP contribution in [0.4, 0.5) is 17.1 Å². The van der Waals surface area contributed by atoms with Gasteiger partial charge in [0, 0.05) is 22.6 Å². The summed E-state index contributed by atoms with van der Waals surface area (Å²) >= 11 is 0. The van der Waals surface area contributed by atoms with Crippen LogP contribution in [-0.2, 0) is 5.41 Å². The molecule has 0 saturated carbocycles. The number of hydrogen-bond donors (Lipinski definition) is 0. The molecule has 0 aliphatic heterocycles. The molecule has 2 heteroatoms. The zero-order valence-electron chi connectivity index (χ0n) is 27.5. The smallest absolute Gasteiger partial charge is 0.0886 e. The molecule has 0 unspecified atom stereocenters. The third-order valence-corrected chi connectivity index (χ3v) is 9.93. The van der Waals surface area contributed by atoms with E-state index in [0.29, 0.717) is 0 Å². The van der Waals surface area contributed by atoms with Crippen LogP contribution >= 0.6 is 0 Å². The Bertz CT molecular complexity index is 2260. The molecule has 0 fully saturated rings. The quantitative estimate of drug-likeness (QED) is 0.173. The first-order valence-corrected chi connectivity index (χ1v) is 17.1. The molecule has 236 valence electrons. The van der Waals surface area contributed by atoms with Gasteiger partial charge in [0.2, 0.25) is 0 Å². The van der Waals surface area contributed by atoms with E-state index >= 15 is 0 Å². The molecule has 0 amide bonds. The van der Waals surface area contributed by atoms with Crippen LogP contribution in [0.15, 0.2) is 206 Å². The maximum absolute atomic E-state index is 5.60. The minimum atomic E-state index is -0.648. The third-order valence-electron chi connectivity index (χ3n) is 9.93. The van der Waals surface area contributed by atoms with Gasteiger partial charge < -0.3 is 4.90 Å². The summed E-state index contributed by atoms with van der Waals surface area (Å²) in [6.07, 6.45) is 0. The van der Waals surface area contributed by atoms with Crippen LogP contribution in [0, 0.1) is 0 Å². The van der Waals surface area contributed by atoms with Gasteiger partial charge in [0.15, 0.2) is 0 Å². The summed E-state index contributed by atoms with van der Waals surface area (Å²) in [4.78, 5) is 7.91. The number of aromatic nitrogens is 1. The number of fused-ring (bicyclic) bond motifs is 3. The number of para-hydroxylation sites is 2. The minimum absolute atomic E-state index is 0.648. The van der Waals surface area contributed by atoms with Crippen LogP contribution in [0.25, 0.3) is 33.5 Å². The Labute approximate surface area is 293 Å². The molecule has 1 heterocycles. The first kappa shape index (κ1) is 29.6. The predicted octanol–water partition coefficient (Wildman–Crippen LogP) is 12.2. The molecule has 0 atom stereocenters. The number of benzene rings is 7. The van der Waals surface area contributed by atoms with Crippen molar-refractivity contribution in [3.05, 3.63) is 229 Å². The fraction of sp³-hybridized carbons (Fsp3) is 0.0208. The summed E-state index contributed by atoms with van der Waals surface area (Å²) < 4.78 is 0. The highest BCUT2D eigenvalue weighted by molar-refractivity contribution is 5.87. The summed E-state index contributed by atoms with van der Waals surface area (Å²) in [5.41, 5.74) is 14.2. The van der Waals surface area contributed by atoms with Crippen molar-refractivity contribution in [3.8, 4) is 33.5 Å². The van der Waals surface area contributed by atoms with E-state index in [4.69, 9.17) is 4.98 Å². The molecule has 1 aromatic heterocycles. The lowest BCUT2D eigenvalue weighted by Gasteiger charge is -2.34. The highest BCUT2D eigenvalue weighted by atomic mass is 15.1. The van der Waals surface area contributed by atoms with Crippen LogP contribution in [0.3, 0.4) is 0 Å². The fourth-order valence-corrected chi connectivity index (χ4v) is 7.71. The molecule has 2 nitrogen and oxygen atoms in total. The lowest BCUT2D eigenvalue weighted by atomic mass is 9.69. The van der Waals surface area contributed by atoms with Crippen molar-refractivity contribution in [2.75, 3.05) is 4.90 Å². The minimum Gasteiger partial charge on any atom is -0.311 e. The van der Waals surface area contributed by atoms with Gasteiger partial charge in [0.25, 0.3) is 0 Å². The highest BCUT2D eigenvalue weighted by Crippen LogP contribution is 2.56. The van der Waals surface area contributed by atoms with Gasteiger partial charge in [-0.15, -0.1) is 0 Å². The van der Waals surface area contributed by atoms with Gasteiger partial charge in [-0.05, 0) is 87.5 Å². The molecule has 7 aromatic carbocycles. The molecule has 0 bridgehead atoms. The van der Waals surface area contributed by atoms with E-state index in [-0.39, 0.29) is 0 Å². The molecule has 1 aliphatic rings. The number of nitrogens with zero attached hydrogens (tertiary/aromatic N) is 2. The zero-order chi connectivity index (χ0) is 33.3. The second-order valence-corrected chi connectivity index (χ2v) is 12.8. The SMILES string of the molecule is c1ccc(-c2cc(-c3ccccc3)nc(C3(c4ccc(N(c5ccccc5)c5ccccc5)cc4)c4ccccc4-c4ccccc43)c2)cc1. The standard InChI is InChI=1S/C48H34N2/c1-5-17-35(18-6-1)37-33-46(36-19-7-2-8-20-36)49-47(34-37)48(44-27-15-13-25-42(44)43-26-14-16-28-45(43)48)38-29-31-41(32-30-38)50(39-21-9-3-10-22-39)40-23-11-4-12-24-40/h1-34H. The third kappa shape index (κ3) is 4.93. The Morgan fingerprint density at radius 1 is 0.360 bits per heavy atom. The molecule has 8 aromatic rings. The lowest BCUT2D eigenvalue weighted by molar-refractivity contribution is 0.736. The molecule has 0 saturated heterocycles. The molecule has 9 rings (SSSR count). The Hall–Kier alpha value is -6.51. The maximum atomic E-state index is 5.60.